The van der Waals surface area contributed by atoms with Gasteiger partial charge >= 0.3 is 0 Å². The summed E-state index contributed by atoms with van der Waals surface area (Å²) in [6.07, 6.45) is 6.94. The second-order valence-corrected chi connectivity index (χ2v) is 37.4. The van der Waals surface area contributed by atoms with Gasteiger partial charge in [-0.15, -0.1) is 0 Å². The SMILES string of the molecule is CC(C)(C)c1cc(N2c3cc4c(cc3B3c5c2cc(-c2ccc([Si](C)(C)C)cc2)cc5N(c2ccc5c(c2)C(C)(C)CCC5(C)C)c2oc5cc6c(cc5c23)C(C)(C)CCC6(C)C)C(C)(C)CCC4(C)C)cc(C(C)(C)C)c1. The normalized spacial score (nSPS) is 20.1. The Morgan fingerprint density at radius 1 is 0.423 bits per heavy atom. The van der Waals surface area contributed by atoms with Gasteiger partial charge in [-0.3, -0.25) is 4.90 Å². The predicted molar refractivity (Wildman–Crippen MR) is 342 cm³/mol. The van der Waals surface area contributed by atoms with Crippen molar-refractivity contribution in [3.8, 4) is 11.1 Å². The molecule has 5 heteroatoms. The van der Waals surface area contributed by atoms with Crippen LogP contribution in [0.15, 0.2) is 101 Å². The van der Waals surface area contributed by atoms with E-state index in [1.165, 1.54) is 117 Å². The maximum atomic E-state index is 7.81. The molecular weight excluding hydrogens is 960 g/mol. The summed E-state index contributed by atoms with van der Waals surface area (Å²) in [5.74, 6) is 0.965. The first kappa shape index (κ1) is 53.4. The van der Waals surface area contributed by atoms with Crippen LogP contribution in [-0.4, -0.2) is 14.8 Å². The molecule has 0 bridgehead atoms. The Balaban J connectivity index is 1.28. The molecule has 12 rings (SSSR count). The zero-order valence-corrected chi connectivity index (χ0v) is 52.9. The molecule has 1 aromatic heterocycles. The molecule has 78 heavy (non-hydrogen) atoms. The van der Waals surface area contributed by atoms with Crippen LogP contribution in [-0.2, 0) is 43.3 Å². The van der Waals surface area contributed by atoms with E-state index in [0.717, 1.165) is 43.6 Å². The molecule has 0 saturated heterocycles. The Hall–Kier alpha value is -5.26. The molecule has 3 aliphatic carbocycles. The fourth-order valence-corrected chi connectivity index (χ4v) is 16.0. The highest BCUT2D eigenvalue weighted by molar-refractivity contribution is 7.01. The molecule has 3 nitrogen and oxygen atoms in total. The van der Waals surface area contributed by atoms with Crippen LogP contribution in [0.25, 0.3) is 22.1 Å². The monoisotopic (exact) mass is 1050 g/mol. The van der Waals surface area contributed by atoms with Gasteiger partial charge in [0.2, 0.25) is 5.88 Å². The fourth-order valence-electron chi connectivity index (χ4n) is 14.8. The minimum absolute atomic E-state index is 0.00385. The van der Waals surface area contributed by atoms with Crippen molar-refractivity contribution in [2.45, 2.75) is 226 Å². The van der Waals surface area contributed by atoms with Crippen molar-refractivity contribution in [2.75, 3.05) is 9.80 Å². The van der Waals surface area contributed by atoms with Gasteiger partial charge in [0.05, 0.1) is 8.07 Å². The number of hydrogen-bond acceptors (Lipinski definition) is 3. The quantitative estimate of drug-likeness (QED) is 0.164. The Bertz CT molecular complexity index is 3620. The number of benzene rings is 6. The molecule has 0 amide bonds. The van der Waals surface area contributed by atoms with Crippen molar-refractivity contribution < 1.29 is 4.42 Å². The first-order chi connectivity index (χ1) is 36.0. The van der Waals surface area contributed by atoms with Crippen molar-refractivity contribution in [1.29, 1.82) is 0 Å². The standard InChI is InChI=1S/C73H91BN2OSi/c1-66(2,3)46-36-47(67(4,5)6)38-49(37-46)75-59-42-56-55(71(13,14)31-32-72(56,15)16)41-58(59)74-63-51-40-54-57(73(17,18)33-30-70(54,11)12)43-62(51)77-65(63)76(48-24-27-52-53(39-48)69(9,10)29-28-68(52,7)8)61-35-45(34-60(75)64(61)74)44-22-25-50(26-23-44)78(19,20)21/h22-27,34-43H,28-33H2,1-21H3. The van der Waals surface area contributed by atoms with Crippen LogP contribution in [0.4, 0.5) is 34.3 Å². The predicted octanol–water partition coefficient (Wildman–Crippen LogP) is 18.4. The van der Waals surface area contributed by atoms with E-state index in [0.29, 0.717) is 0 Å². The van der Waals surface area contributed by atoms with Crippen molar-refractivity contribution in [3.63, 3.8) is 0 Å². The number of hydrogen-bond donors (Lipinski definition) is 0. The molecule has 6 aromatic carbocycles. The summed E-state index contributed by atoms with van der Waals surface area (Å²) < 4.78 is 7.81. The summed E-state index contributed by atoms with van der Waals surface area (Å²) in [5, 5.41) is 2.74. The van der Waals surface area contributed by atoms with Crippen LogP contribution in [0.2, 0.25) is 19.6 Å². The van der Waals surface area contributed by atoms with Gasteiger partial charge in [-0.25, -0.2) is 0 Å². The molecule has 0 atom stereocenters. The Labute approximate surface area is 472 Å². The first-order valence-corrected chi connectivity index (χ1v) is 33.5. The number of furan rings is 1. The third-order valence-electron chi connectivity index (χ3n) is 20.7. The van der Waals surface area contributed by atoms with E-state index in [2.05, 4.69) is 251 Å². The van der Waals surface area contributed by atoms with E-state index in [1.54, 1.807) is 0 Å². The van der Waals surface area contributed by atoms with Gasteiger partial charge in [0.25, 0.3) is 6.71 Å². The molecule has 0 radical (unpaired) electrons. The van der Waals surface area contributed by atoms with E-state index in [1.807, 2.05) is 0 Å². The molecular formula is C73H91BN2OSi. The minimum Gasteiger partial charge on any atom is -0.440 e. The highest BCUT2D eigenvalue weighted by atomic mass is 28.3. The molecule has 0 spiro atoms. The van der Waals surface area contributed by atoms with Crippen LogP contribution in [0.5, 0.6) is 0 Å². The van der Waals surface area contributed by atoms with Gasteiger partial charge in [-0.2, -0.15) is 0 Å². The smallest absolute Gasteiger partial charge is 0.257 e. The van der Waals surface area contributed by atoms with Gasteiger partial charge in [0.15, 0.2) is 0 Å². The number of anilines is 6. The topological polar surface area (TPSA) is 19.6 Å². The molecule has 7 aromatic rings. The molecule has 0 saturated carbocycles. The third kappa shape index (κ3) is 8.21. The largest absolute Gasteiger partial charge is 0.440 e. The average molecular weight is 1050 g/mol. The second-order valence-electron chi connectivity index (χ2n) is 32.3. The van der Waals surface area contributed by atoms with Crippen molar-refractivity contribution in [3.05, 3.63) is 142 Å². The molecule has 3 heterocycles. The Morgan fingerprint density at radius 2 is 0.885 bits per heavy atom. The second kappa shape index (κ2) is 16.7. The van der Waals surface area contributed by atoms with Crippen molar-refractivity contribution in [2.24, 2.45) is 0 Å². The van der Waals surface area contributed by atoms with E-state index >= 15 is 0 Å². The van der Waals surface area contributed by atoms with Crippen molar-refractivity contribution >= 4 is 81.7 Å². The first-order valence-electron chi connectivity index (χ1n) is 30.0. The molecule has 2 aliphatic heterocycles. The van der Waals surface area contributed by atoms with Gasteiger partial charge in [0, 0.05) is 39.3 Å². The van der Waals surface area contributed by atoms with Gasteiger partial charge < -0.3 is 9.32 Å². The lowest BCUT2D eigenvalue weighted by molar-refractivity contribution is 0.332. The molecule has 0 unspecified atom stereocenters. The Morgan fingerprint density at radius 3 is 1.40 bits per heavy atom. The maximum Gasteiger partial charge on any atom is 0.257 e. The van der Waals surface area contributed by atoms with E-state index < -0.39 is 8.07 Å². The average Bonchev–Trinajstić information content (AvgIpc) is 3.91. The van der Waals surface area contributed by atoms with Crippen LogP contribution >= 0.6 is 0 Å². The van der Waals surface area contributed by atoms with Crippen LogP contribution in [0.3, 0.4) is 0 Å². The van der Waals surface area contributed by atoms with Gasteiger partial charge in [0.1, 0.15) is 5.58 Å². The number of nitrogens with zero attached hydrogens (tertiary/aromatic N) is 2. The lowest BCUT2D eigenvalue weighted by Crippen LogP contribution is -2.61. The molecule has 0 fully saturated rings. The number of rotatable bonds is 4. The molecule has 5 aliphatic rings. The lowest BCUT2D eigenvalue weighted by atomic mass is 9.33. The highest BCUT2D eigenvalue weighted by Gasteiger charge is 2.50. The van der Waals surface area contributed by atoms with Crippen LogP contribution in [0.1, 0.15) is 208 Å². The molecule has 0 N–H and O–H groups in total. The highest BCUT2D eigenvalue weighted by Crippen LogP contribution is 2.55. The Kier molecular flexibility index (Phi) is 11.4. The number of fused-ring (bicyclic) bond motifs is 9. The van der Waals surface area contributed by atoms with Crippen molar-refractivity contribution in [1.82, 2.24) is 0 Å². The van der Waals surface area contributed by atoms with Gasteiger partial charge in [-0.05, 0) is 203 Å². The third-order valence-corrected chi connectivity index (χ3v) is 22.8. The van der Waals surface area contributed by atoms with Gasteiger partial charge in [-0.1, -0.05) is 192 Å². The minimum atomic E-state index is -1.57. The van der Waals surface area contributed by atoms with E-state index in [4.69, 9.17) is 4.42 Å². The summed E-state index contributed by atoms with van der Waals surface area (Å²) in [5.41, 5.74) is 25.3. The maximum absolute atomic E-state index is 7.81. The van der Waals surface area contributed by atoms with Crippen LogP contribution in [0, 0.1) is 0 Å². The zero-order chi connectivity index (χ0) is 56.2. The zero-order valence-electron chi connectivity index (χ0n) is 51.9. The summed E-state index contributed by atoms with van der Waals surface area (Å²) in [7, 11) is -1.57. The summed E-state index contributed by atoms with van der Waals surface area (Å²) in [6, 6.07) is 40.4. The summed E-state index contributed by atoms with van der Waals surface area (Å²) in [4.78, 5) is 5.34. The lowest BCUT2D eigenvalue weighted by Gasteiger charge is -2.47. The fraction of sp³-hybridized carbons (Fsp3) is 0.479. The van der Waals surface area contributed by atoms with Crippen LogP contribution < -0.4 is 31.4 Å². The van der Waals surface area contributed by atoms with E-state index in [9.17, 15) is 0 Å². The molecule has 406 valence electrons. The van der Waals surface area contributed by atoms with E-state index in [-0.39, 0.29) is 50.0 Å². The summed E-state index contributed by atoms with van der Waals surface area (Å²) in [6.45, 7) is 51.3. The summed E-state index contributed by atoms with van der Waals surface area (Å²) >= 11 is 0.